The monoisotopic (exact) mass is 352 g/mol. The number of aromatic carboxylic acids is 1. The molecule has 26 heavy (non-hydrogen) atoms. The first-order chi connectivity index (χ1) is 12.5. The summed E-state index contributed by atoms with van der Waals surface area (Å²) in [4.78, 5) is 28.0. The van der Waals surface area contributed by atoms with E-state index in [0.29, 0.717) is 6.54 Å². The van der Waals surface area contributed by atoms with E-state index in [9.17, 15) is 9.59 Å². The molecule has 1 atom stereocenters. The number of piperidine rings is 1. The lowest BCUT2D eigenvalue weighted by atomic mass is 9.89. The van der Waals surface area contributed by atoms with Crippen molar-refractivity contribution in [2.75, 3.05) is 32.1 Å². The van der Waals surface area contributed by atoms with Crippen molar-refractivity contribution in [2.45, 2.75) is 18.8 Å². The molecule has 1 aliphatic heterocycles. The number of nitrogens with zero attached hydrogens (tertiary/aromatic N) is 2. The first-order valence-electron chi connectivity index (χ1n) is 8.86. The molecule has 1 heterocycles. The quantitative estimate of drug-likeness (QED) is 0.915. The molecule has 3 rings (SSSR count). The van der Waals surface area contributed by atoms with Crippen molar-refractivity contribution in [1.29, 1.82) is 0 Å². The van der Waals surface area contributed by atoms with Gasteiger partial charge in [-0.1, -0.05) is 24.3 Å². The molecular formula is C21H24N2O3. The summed E-state index contributed by atoms with van der Waals surface area (Å²) in [5.74, 6) is -0.625. The van der Waals surface area contributed by atoms with Crippen LogP contribution in [0.4, 0.5) is 5.69 Å². The molecule has 5 heteroatoms. The third kappa shape index (κ3) is 3.72. The first kappa shape index (κ1) is 18.0. The van der Waals surface area contributed by atoms with E-state index < -0.39 is 5.97 Å². The number of benzene rings is 2. The summed E-state index contributed by atoms with van der Waals surface area (Å²) in [6, 6.07) is 14.7. The van der Waals surface area contributed by atoms with Crippen LogP contribution in [0.3, 0.4) is 0 Å². The zero-order chi connectivity index (χ0) is 18.7. The van der Waals surface area contributed by atoms with E-state index in [2.05, 4.69) is 0 Å². The van der Waals surface area contributed by atoms with Crippen molar-refractivity contribution in [3.8, 4) is 0 Å². The normalized spacial score (nSPS) is 17.0. The lowest BCUT2D eigenvalue weighted by Crippen LogP contribution is -2.39. The standard InChI is InChI=1S/C21H24N2O3/c1-22(2)19-8-4-3-7-18(19)20(24)23-13-5-6-17(14-23)15-9-11-16(12-10-15)21(25)26/h3-4,7-12,17H,5-6,13-14H2,1-2H3,(H,25,26)/t17-/m1/s1. The van der Waals surface area contributed by atoms with Gasteiger partial charge in [0, 0.05) is 38.8 Å². The molecule has 5 nitrogen and oxygen atoms in total. The third-order valence-electron chi connectivity index (χ3n) is 4.95. The van der Waals surface area contributed by atoms with E-state index in [4.69, 9.17) is 5.11 Å². The second-order valence-electron chi connectivity index (χ2n) is 6.93. The second kappa shape index (κ2) is 7.60. The predicted molar refractivity (Wildman–Crippen MR) is 102 cm³/mol. The molecule has 1 aliphatic rings. The van der Waals surface area contributed by atoms with E-state index in [0.717, 1.165) is 36.2 Å². The molecular weight excluding hydrogens is 328 g/mol. The Morgan fingerprint density at radius 3 is 2.42 bits per heavy atom. The molecule has 1 N–H and O–H groups in total. The highest BCUT2D eigenvalue weighted by Crippen LogP contribution is 2.29. The maximum atomic E-state index is 13.1. The van der Waals surface area contributed by atoms with Gasteiger partial charge < -0.3 is 14.9 Å². The summed E-state index contributed by atoms with van der Waals surface area (Å²) in [6.07, 6.45) is 1.95. The Bertz CT molecular complexity index is 799. The van der Waals surface area contributed by atoms with Crippen LogP contribution in [-0.4, -0.2) is 49.1 Å². The average molecular weight is 352 g/mol. The fourth-order valence-corrected chi connectivity index (χ4v) is 3.55. The van der Waals surface area contributed by atoms with Gasteiger partial charge >= 0.3 is 5.97 Å². The number of likely N-dealkylation sites (tertiary alicyclic amines) is 1. The number of carboxylic acid groups (broad SMARTS) is 1. The van der Waals surface area contributed by atoms with Gasteiger partial charge in [-0.3, -0.25) is 4.79 Å². The van der Waals surface area contributed by atoms with Crippen molar-refractivity contribution < 1.29 is 14.7 Å². The van der Waals surface area contributed by atoms with E-state index in [1.165, 1.54) is 0 Å². The van der Waals surface area contributed by atoms with Crippen molar-refractivity contribution in [2.24, 2.45) is 0 Å². The summed E-state index contributed by atoms with van der Waals surface area (Å²) in [6.45, 7) is 1.41. The van der Waals surface area contributed by atoms with Crippen molar-refractivity contribution in [3.05, 3.63) is 65.2 Å². The number of hydrogen-bond acceptors (Lipinski definition) is 3. The molecule has 2 aromatic rings. The predicted octanol–water partition coefficient (Wildman–Crippen LogP) is 3.47. The average Bonchev–Trinajstić information content (AvgIpc) is 2.67. The molecule has 0 radical (unpaired) electrons. The van der Waals surface area contributed by atoms with Gasteiger partial charge in [0.05, 0.1) is 11.1 Å². The number of carboxylic acids is 1. The number of carbonyl (C=O) groups is 2. The number of amides is 1. The number of anilines is 1. The van der Waals surface area contributed by atoms with E-state index >= 15 is 0 Å². The zero-order valence-corrected chi connectivity index (χ0v) is 15.2. The SMILES string of the molecule is CN(C)c1ccccc1C(=O)N1CCC[C@@H](c2ccc(C(=O)O)cc2)C1. The second-order valence-corrected chi connectivity index (χ2v) is 6.93. The Morgan fingerprint density at radius 1 is 1.08 bits per heavy atom. The van der Waals surface area contributed by atoms with Crippen LogP contribution in [-0.2, 0) is 0 Å². The summed E-state index contributed by atoms with van der Waals surface area (Å²) < 4.78 is 0. The van der Waals surface area contributed by atoms with Crippen molar-refractivity contribution in [1.82, 2.24) is 4.90 Å². The minimum atomic E-state index is -0.919. The third-order valence-corrected chi connectivity index (χ3v) is 4.95. The highest BCUT2D eigenvalue weighted by molar-refractivity contribution is 5.99. The van der Waals surface area contributed by atoms with Crippen LogP contribution >= 0.6 is 0 Å². The maximum Gasteiger partial charge on any atom is 0.335 e. The smallest absolute Gasteiger partial charge is 0.335 e. The lowest BCUT2D eigenvalue weighted by molar-refractivity contribution is 0.0693. The largest absolute Gasteiger partial charge is 0.478 e. The molecule has 0 bridgehead atoms. The van der Waals surface area contributed by atoms with Gasteiger partial charge in [-0.2, -0.15) is 0 Å². The Labute approximate surface area is 153 Å². The first-order valence-corrected chi connectivity index (χ1v) is 8.86. The number of hydrogen-bond donors (Lipinski definition) is 1. The molecule has 2 aromatic carbocycles. The van der Waals surface area contributed by atoms with Crippen LogP contribution in [0, 0.1) is 0 Å². The molecule has 136 valence electrons. The van der Waals surface area contributed by atoms with Crippen LogP contribution in [0.5, 0.6) is 0 Å². The summed E-state index contributed by atoms with van der Waals surface area (Å²) in [5.41, 5.74) is 3.02. The summed E-state index contributed by atoms with van der Waals surface area (Å²) in [7, 11) is 3.88. The Balaban J connectivity index is 1.78. The fourth-order valence-electron chi connectivity index (χ4n) is 3.55. The molecule has 1 saturated heterocycles. The molecule has 0 unspecified atom stereocenters. The fraction of sp³-hybridized carbons (Fsp3) is 0.333. The van der Waals surface area contributed by atoms with E-state index in [-0.39, 0.29) is 17.4 Å². The minimum Gasteiger partial charge on any atom is -0.478 e. The van der Waals surface area contributed by atoms with Gasteiger partial charge in [-0.25, -0.2) is 4.79 Å². The summed E-state index contributed by atoms with van der Waals surface area (Å²) >= 11 is 0. The van der Waals surface area contributed by atoms with Gasteiger partial charge in [-0.15, -0.1) is 0 Å². The van der Waals surface area contributed by atoms with Gasteiger partial charge in [0.2, 0.25) is 0 Å². The highest BCUT2D eigenvalue weighted by Gasteiger charge is 2.27. The molecule has 0 aromatic heterocycles. The molecule has 0 aliphatic carbocycles. The highest BCUT2D eigenvalue weighted by atomic mass is 16.4. The number of carbonyl (C=O) groups excluding carboxylic acids is 1. The van der Waals surface area contributed by atoms with Crippen LogP contribution in [0.15, 0.2) is 48.5 Å². The van der Waals surface area contributed by atoms with E-state index in [1.54, 1.807) is 12.1 Å². The van der Waals surface area contributed by atoms with Crippen LogP contribution in [0.1, 0.15) is 45.0 Å². The van der Waals surface area contributed by atoms with Crippen LogP contribution < -0.4 is 4.90 Å². The van der Waals surface area contributed by atoms with Crippen molar-refractivity contribution in [3.63, 3.8) is 0 Å². The number of rotatable bonds is 4. The topological polar surface area (TPSA) is 60.9 Å². The Hall–Kier alpha value is -2.82. The van der Waals surface area contributed by atoms with Crippen LogP contribution in [0.2, 0.25) is 0 Å². The molecule has 1 amide bonds. The lowest BCUT2D eigenvalue weighted by Gasteiger charge is -2.34. The van der Waals surface area contributed by atoms with Gasteiger partial charge in [-0.05, 0) is 42.7 Å². The molecule has 0 saturated carbocycles. The molecule has 0 spiro atoms. The van der Waals surface area contributed by atoms with Gasteiger partial charge in [0.1, 0.15) is 0 Å². The Morgan fingerprint density at radius 2 is 1.77 bits per heavy atom. The minimum absolute atomic E-state index is 0.0566. The van der Waals surface area contributed by atoms with Gasteiger partial charge in [0.25, 0.3) is 5.91 Å². The zero-order valence-electron chi connectivity index (χ0n) is 15.2. The van der Waals surface area contributed by atoms with Crippen molar-refractivity contribution >= 4 is 17.6 Å². The molecule has 1 fully saturated rings. The summed E-state index contributed by atoms with van der Waals surface area (Å²) in [5, 5.41) is 9.04. The Kier molecular flexibility index (Phi) is 5.26. The number of para-hydroxylation sites is 1. The maximum absolute atomic E-state index is 13.1. The van der Waals surface area contributed by atoms with Gasteiger partial charge in [0.15, 0.2) is 0 Å². The van der Waals surface area contributed by atoms with Crippen LogP contribution in [0.25, 0.3) is 0 Å². The van der Waals surface area contributed by atoms with E-state index in [1.807, 2.05) is 60.3 Å².